The van der Waals surface area contributed by atoms with E-state index in [0.717, 1.165) is 17.5 Å². The predicted octanol–water partition coefficient (Wildman–Crippen LogP) is 2.19. The standard InChI is InChI=1S/C21H26N4O3/c1-3-11-23-20(27)18-6-4-5-16(12-18)14-25-21(28)24-13-15-7-9-17(10-8-15)19(26)22-2/h4-10,12H,3,11,13-14H2,1-2H3,(H,22,26)(H,23,27)(H2,24,25,28). The second-order valence-electron chi connectivity index (χ2n) is 6.27. The molecule has 28 heavy (non-hydrogen) atoms. The first-order valence-electron chi connectivity index (χ1n) is 9.23. The summed E-state index contributed by atoms with van der Waals surface area (Å²) in [5.74, 6) is -0.267. The average molecular weight is 382 g/mol. The zero-order valence-corrected chi connectivity index (χ0v) is 16.2. The molecule has 0 saturated carbocycles. The fourth-order valence-electron chi connectivity index (χ4n) is 2.51. The Hall–Kier alpha value is -3.35. The first-order chi connectivity index (χ1) is 13.5. The Morgan fingerprint density at radius 1 is 0.786 bits per heavy atom. The maximum atomic E-state index is 12.0. The highest BCUT2D eigenvalue weighted by Gasteiger charge is 2.07. The number of benzene rings is 2. The molecule has 0 aliphatic rings. The second kappa shape index (κ2) is 10.7. The van der Waals surface area contributed by atoms with E-state index in [1.54, 1.807) is 49.5 Å². The van der Waals surface area contributed by atoms with Gasteiger partial charge in [-0.1, -0.05) is 31.2 Å². The van der Waals surface area contributed by atoms with Crippen LogP contribution in [0, 0.1) is 0 Å². The summed E-state index contributed by atoms with van der Waals surface area (Å²) in [6, 6.07) is 13.9. The summed E-state index contributed by atoms with van der Waals surface area (Å²) in [5.41, 5.74) is 2.87. The summed E-state index contributed by atoms with van der Waals surface area (Å²) >= 11 is 0. The summed E-state index contributed by atoms with van der Waals surface area (Å²) in [6.45, 7) is 3.29. The number of amides is 4. The molecule has 0 unspecified atom stereocenters. The van der Waals surface area contributed by atoms with Crippen LogP contribution in [0.15, 0.2) is 48.5 Å². The van der Waals surface area contributed by atoms with Gasteiger partial charge in [0.2, 0.25) is 0 Å². The molecule has 148 valence electrons. The summed E-state index contributed by atoms with van der Waals surface area (Å²) in [4.78, 5) is 35.5. The van der Waals surface area contributed by atoms with Crippen LogP contribution in [0.3, 0.4) is 0 Å². The second-order valence-corrected chi connectivity index (χ2v) is 6.27. The molecule has 2 aromatic carbocycles. The van der Waals surface area contributed by atoms with E-state index in [1.807, 2.05) is 13.0 Å². The number of hydrogen-bond donors (Lipinski definition) is 4. The van der Waals surface area contributed by atoms with Gasteiger partial charge in [0.1, 0.15) is 0 Å². The number of hydrogen-bond acceptors (Lipinski definition) is 3. The van der Waals surface area contributed by atoms with Gasteiger partial charge in [0.15, 0.2) is 0 Å². The molecule has 0 aromatic heterocycles. The van der Waals surface area contributed by atoms with E-state index in [9.17, 15) is 14.4 Å². The van der Waals surface area contributed by atoms with Crippen LogP contribution in [-0.2, 0) is 13.1 Å². The molecule has 4 N–H and O–H groups in total. The monoisotopic (exact) mass is 382 g/mol. The summed E-state index contributed by atoms with van der Waals surface area (Å²) in [5, 5.41) is 10.9. The van der Waals surface area contributed by atoms with Crippen LogP contribution >= 0.6 is 0 Å². The fraction of sp³-hybridized carbons (Fsp3) is 0.286. The van der Waals surface area contributed by atoms with E-state index in [0.29, 0.717) is 30.8 Å². The Morgan fingerprint density at radius 3 is 2.11 bits per heavy atom. The maximum absolute atomic E-state index is 12.0. The third-order valence-corrected chi connectivity index (χ3v) is 4.07. The van der Waals surface area contributed by atoms with Gasteiger partial charge in [0.05, 0.1) is 0 Å². The Kier molecular flexibility index (Phi) is 8.02. The van der Waals surface area contributed by atoms with Crippen LogP contribution in [-0.4, -0.2) is 31.4 Å². The third-order valence-electron chi connectivity index (χ3n) is 4.07. The van der Waals surface area contributed by atoms with Gasteiger partial charge in [0.25, 0.3) is 11.8 Å². The van der Waals surface area contributed by atoms with Crippen molar-refractivity contribution >= 4 is 17.8 Å². The molecule has 2 aromatic rings. The summed E-state index contributed by atoms with van der Waals surface area (Å²) in [6.07, 6.45) is 0.877. The molecule has 2 rings (SSSR count). The molecule has 0 bridgehead atoms. The largest absolute Gasteiger partial charge is 0.355 e. The molecule has 0 atom stereocenters. The molecule has 0 heterocycles. The van der Waals surface area contributed by atoms with E-state index in [4.69, 9.17) is 0 Å². The fourth-order valence-corrected chi connectivity index (χ4v) is 2.51. The lowest BCUT2D eigenvalue weighted by Gasteiger charge is -2.09. The van der Waals surface area contributed by atoms with E-state index < -0.39 is 0 Å². The van der Waals surface area contributed by atoms with Crippen LogP contribution in [0.1, 0.15) is 45.2 Å². The average Bonchev–Trinajstić information content (AvgIpc) is 2.74. The highest BCUT2D eigenvalue weighted by Crippen LogP contribution is 2.06. The van der Waals surface area contributed by atoms with Crippen molar-refractivity contribution in [1.29, 1.82) is 0 Å². The zero-order chi connectivity index (χ0) is 20.4. The lowest BCUT2D eigenvalue weighted by Crippen LogP contribution is -2.34. The summed E-state index contributed by atoms with van der Waals surface area (Å²) < 4.78 is 0. The highest BCUT2D eigenvalue weighted by molar-refractivity contribution is 5.94. The van der Waals surface area contributed by atoms with Gasteiger partial charge < -0.3 is 21.3 Å². The quantitative estimate of drug-likeness (QED) is 0.563. The number of nitrogens with one attached hydrogen (secondary N) is 4. The van der Waals surface area contributed by atoms with Gasteiger partial charge in [-0.3, -0.25) is 9.59 Å². The minimum Gasteiger partial charge on any atom is -0.355 e. The lowest BCUT2D eigenvalue weighted by atomic mass is 10.1. The Labute approximate surface area is 164 Å². The molecule has 4 amide bonds. The van der Waals surface area contributed by atoms with Gasteiger partial charge in [-0.05, 0) is 41.8 Å². The smallest absolute Gasteiger partial charge is 0.315 e. The van der Waals surface area contributed by atoms with Gasteiger partial charge in [0, 0.05) is 37.8 Å². The van der Waals surface area contributed by atoms with Crippen molar-refractivity contribution in [3.8, 4) is 0 Å². The molecule has 0 fully saturated rings. The first-order valence-corrected chi connectivity index (χ1v) is 9.23. The normalized spacial score (nSPS) is 10.1. The molecule has 0 saturated heterocycles. The van der Waals surface area contributed by atoms with Crippen molar-refractivity contribution in [2.75, 3.05) is 13.6 Å². The van der Waals surface area contributed by atoms with Crippen molar-refractivity contribution in [1.82, 2.24) is 21.3 Å². The molecule has 7 nitrogen and oxygen atoms in total. The maximum Gasteiger partial charge on any atom is 0.315 e. The Bertz CT molecular complexity index is 819. The Morgan fingerprint density at radius 2 is 1.46 bits per heavy atom. The van der Waals surface area contributed by atoms with E-state index in [-0.39, 0.29) is 17.8 Å². The molecule has 0 aliphatic heterocycles. The molecule has 0 spiro atoms. The first kappa shape index (κ1) is 21.0. The minimum absolute atomic E-state index is 0.117. The molecule has 0 aliphatic carbocycles. The molecule has 7 heteroatoms. The highest BCUT2D eigenvalue weighted by atomic mass is 16.2. The zero-order valence-electron chi connectivity index (χ0n) is 16.2. The van der Waals surface area contributed by atoms with Crippen molar-refractivity contribution in [2.45, 2.75) is 26.4 Å². The molecule has 0 radical (unpaired) electrons. The predicted molar refractivity (Wildman–Crippen MR) is 108 cm³/mol. The van der Waals surface area contributed by atoms with Crippen LogP contribution in [0.4, 0.5) is 4.79 Å². The third kappa shape index (κ3) is 6.42. The number of rotatable bonds is 8. The van der Waals surface area contributed by atoms with Gasteiger partial charge in [-0.25, -0.2) is 4.79 Å². The van der Waals surface area contributed by atoms with Crippen LogP contribution < -0.4 is 21.3 Å². The van der Waals surface area contributed by atoms with Crippen molar-refractivity contribution in [3.05, 3.63) is 70.8 Å². The van der Waals surface area contributed by atoms with Crippen LogP contribution in [0.5, 0.6) is 0 Å². The summed E-state index contributed by atoms with van der Waals surface area (Å²) in [7, 11) is 1.58. The van der Waals surface area contributed by atoms with Gasteiger partial charge in [-0.15, -0.1) is 0 Å². The minimum atomic E-state index is -0.309. The van der Waals surface area contributed by atoms with Crippen molar-refractivity contribution in [3.63, 3.8) is 0 Å². The topological polar surface area (TPSA) is 99.3 Å². The van der Waals surface area contributed by atoms with E-state index in [2.05, 4.69) is 21.3 Å². The van der Waals surface area contributed by atoms with Crippen molar-refractivity contribution in [2.24, 2.45) is 0 Å². The SMILES string of the molecule is CCCNC(=O)c1cccc(CNC(=O)NCc2ccc(C(=O)NC)cc2)c1. The molecular weight excluding hydrogens is 356 g/mol. The number of carbonyl (C=O) groups excluding carboxylic acids is 3. The van der Waals surface area contributed by atoms with Crippen molar-refractivity contribution < 1.29 is 14.4 Å². The molecular formula is C21H26N4O3. The van der Waals surface area contributed by atoms with Gasteiger partial charge >= 0.3 is 6.03 Å². The lowest BCUT2D eigenvalue weighted by molar-refractivity contribution is 0.0949. The number of urea groups is 1. The number of carbonyl (C=O) groups is 3. The Balaban J connectivity index is 1.81. The van der Waals surface area contributed by atoms with Gasteiger partial charge in [-0.2, -0.15) is 0 Å². The van der Waals surface area contributed by atoms with E-state index >= 15 is 0 Å². The van der Waals surface area contributed by atoms with Crippen LogP contribution in [0.2, 0.25) is 0 Å². The van der Waals surface area contributed by atoms with Crippen LogP contribution in [0.25, 0.3) is 0 Å². The van der Waals surface area contributed by atoms with E-state index in [1.165, 1.54) is 0 Å².